The molecule has 0 aliphatic carbocycles. The molecule has 0 aromatic heterocycles. The number of carbonyl (C=O) groups excluding carboxylic acids is 2. The zero-order chi connectivity index (χ0) is 14.4. The number of carbonyl (C=O) groups is 2. The molecule has 6 nitrogen and oxygen atoms in total. The standard InChI is InChI=1S/C14H24N2O4/c1-2-20-13(17)11-3-7-16(8-4-11)14(18)15-12-5-9-19-10-6-12/h11-12H,2-10H2,1H3,(H,15,18). The minimum Gasteiger partial charge on any atom is -0.466 e. The van der Waals surface area contributed by atoms with E-state index in [-0.39, 0.29) is 24.0 Å². The van der Waals surface area contributed by atoms with Crippen molar-refractivity contribution in [3.05, 3.63) is 0 Å². The molecule has 2 saturated heterocycles. The molecule has 2 rings (SSSR count). The summed E-state index contributed by atoms with van der Waals surface area (Å²) < 4.78 is 10.3. The van der Waals surface area contributed by atoms with Gasteiger partial charge in [0.2, 0.25) is 0 Å². The maximum absolute atomic E-state index is 12.1. The van der Waals surface area contributed by atoms with Gasteiger partial charge in [-0.25, -0.2) is 4.79 Å². The number of hydrogen-bond acceptors (Lipinski definition) is 4. The first-order valence-electron chi connectivity index (χ1n) is 7.50. The van der Waals surface area contributed by atoms with Crippen molar-refractivity contribution in [2.75, 3.05) is 32.9 Å². The summed E-state index contributed by atoms with van der Waals surface area (Å²) in [6.45, 7) is 4.92. The Labute approximate surface area is 119 Å². The predicted molar refractivity (Wildman–Crippen MR) is 73.3 cm³/mol. The average molecular weight is 284 g/mol. The topological polar surface area (TPSA) is 67.9 Å². The first kappa shape index (κ1) is 15.1. The van der Waals surface area contributed by atoms with E-state index in [1.54, 1.807) is 4.90 Å². The monoisotopic (exact) mass is 284 g/mol. The fourth-order valence-corrected chi connectivity index (χ4v) is 2.69. The fourth-order valence-electron chi connectivity index (χ4n) is 2.69. The summed E-state index contributed by atoms with van der Waals surface area (Å²) in [5.74, 6) is -0.181. The second-order valence-corrected chi connectivity index (χ2v) is 5.35. The summed E-state index contributed by atoms with van der Waals surface area (Å²) in [6.07, 6.45) is 3.15. The molecule has 20 heavy (non-hydrogen) atoms. The van der Waals surface area contributed by atoms with E-state index in [1.165, 1.54) is 0 Å². The number of nitrogens with one attached hydrogen (secondary N) is 1. The van der Waals surface area contributed by atoms with Crippen LogP contribution in [0, 0.1) is 5.92 Å². The summed E-state index contributed by atoms with van der Waals surface area (Å²) in [6, 6.07) is 0.207. The van der Waals surface area contributed by atoms with Crippen LogP contribution in [0.5, 0.6) is 0 Å². The lowest BCUT2D eigenvalue weighted by Crippen LogP contribution is -2.49. The summed E-state index contributed by atoms with van der Waals surface area (Å²) in [5, 5.41) is 3.05. The van der Waals surface area contributed by atoms with Gasteiger partial charge in [0.05, 0.1) is 12.5 Å². The lowest BCUT2D eigenvalue weighted by molar-refractivity contribution is -0.149. The van der Waals surface area contributed by atoms with E-state index in [9.17, 15) is 9.59 Å². The molecular weight excluding hydrogens is 260 g/mol. The summed E-state index contributed by atoms with van der Waals surface area (Å²) >= 11 is 0. The molecular formula is C14H24N2O4. The molecule has 2 heterocycles. The number of amides is 2. The third-order valence-corrected chi connectivity index (χ3v) is 3.95. The van der Waals surface area contributed by atoms with Crippen LogP contribution < -0.4 is 5.32 Å². The van der Waals surface area contributed by atoms with Gasteiger partial charge in [-0.2, -0.15) is 0 Å². The van der Waals surface area contributed by atoms with Crippen LogP contribution in [0.3, 0.4) is 0 Å². The lowest BCUT2D eigenvalue weighted by atomic mass is 9.97. The number of urea groups is 1. The van der Waals surface area contributed by atoms with Gasteiger partial charge in [-0.05, 0) is 32.6 Å². The van der Waals surface area contributed by atoms with Crippen LogP contribution in [-0.4, -0.2) is 55.9 Å². The van der Waals surface area contributed by atoms with Crippen LogP contribution in [0.15, 0.2) is 0 Å². The minimum absolute atomic E-state index is 0.0146. The molecule has 0 radical (unpaired) electrons. The molecule has 0 spiro atoms. The molecule has 2 aliphatic rings. The normalized spacial score (nSPS) is 21.6. The summed E-state index contributed by atoms with van der Waals surface area (Å²) in [4.78, 5) is 25.6. The van der Waals surface area contributed by atoms with Crippen molar-refractivity contribution >= 4 is 12.0 Å². The maximum Gasteiger partial charge on any atom is 0.317 e. The minimum atomic E-state index is -0.128. The molecule has 0 aromatic carbocycles. The zero-order valence-corrected chi connectivity index (χ0v) is 12.1. The molecule has 6 heteroatoms. The molecule has 114 valence electrons. The number of nitrogens with zero attached hydrogens (tertiary/aromatic N) is 1. The molecule has 2 fully saturated rings. The van der Waals surface area contributed by atoms with Crippen molar-refractivity contribution in [2.45, 2.75) is 38.6 Å². The Kier molecular flexibility index (Phi) is 5.64. The van der Waals surface area contributed by atoms with E-state index < -0.39 is 0 Å². The Bertz CT molecular complexity index is 334. The summed E-state index contributed by atoms with van der Waals surface area (Å²) in [7, 11) is 0. The molecule has 0 saturated carbocycles. The van der Waals surface area contributed by atoms with Gasteiger partial charge in [-0.3, -0.25) is 4.79 Å². The van der Waals surface area contributed by atoms with Crippen LogP contribution in [-0.2, 0) is 14.3 Å². The zero-order valence-electron chi connectivity index (χ0n) is 12.1. The first-order chi connectivity index (χ1) is 9.70. The Morgan fingerprint density at radius 3 is 2.45 bits per heavy atom. The second-order valence-electron chi connectivity index (χ2n) is 5.35. The van der Waals surface area contributed by atoms with E-state index in [1.807, 2.05) is 6.92 Å². The quantitative estimate of drug-likeness (QED) is 0.789. The Balaban J connectivity index is 1.72. The van der Waals surface area contributed by atoms with E-state index in [2.05, 4.69) is 5.32 Å². The molecule has 0 bridgehead atoms. The van der Waals surface area contributed by atoms with Gasteiger partial charge in [0.25, 0.3) is 0 Å². The number of hydrogen-bond donors (Lipinski definition) is 1. The number of piperidine rings is 1. The smallest absolute Gasteiger partial charge is 0.317 e. The van der Waals surface area contributed by atoms with Crippen molar-refractivity contribution in [1.82, 2.24) is 10.2 Å². The third kappa shape index (κ3) is 4.10. The highest BCUT2D eigenvalue weighted by Gasteiger charge is 2.29. The lowest BCUT2D eigenvalue weighted by Gasteiger charge is -2.33. The molecule has 0 aromatic rings. The van der Waals surface area contributed by atoms with Crippen molar-refractivity contribution in [2.24, 2.45) is 5.92 Å². The average Bonchev–Trinajstić information content (AvgIpc) is 2.48. The Hall–Kier alpha value is -1.30. The van der Waals surface area contributed by atoms with Crippen LogP contribution in [0.4, 0.5) is 4.79 Å². The summed E-state index contributed by atoms with van der Waals surface area (Å²) in [5.41, 5.74) is 0. The second kappa shape index (κ2) is 7.47. The SMILES string of the molecule is CCOC(=O)C1CCN(C(=O)NC2CCOCC2)CC1. The van der Waals surface area contributed by atoms with Gasteiger partial charge in [0.15, 0.2) is 0 Å². The van der Waals surface area contributed by atoms with Crippen LogP contribution >= 0.6 is 0 Å². The van der Waals surface area contributed by atoms with Crippen molar-refractivity contribution in [3.8, 4) is 0 Å². The molecule has 1 N–H and O–H groups in total. The van der Waals surface area contributed by atoms with Crippen molar-refractivity contribution in [3.63, 3.8) is 0 Å². The van der Waals surface area contributed by atoms with Gasteiger partial charge in [0, 0.05) is 32.3 Å². The van der Waals surface area contributed by atoms with E-state index in [4.69, 9.17) is 9.47 Å². The fraction of sp³-hybridized carbons (Fsp3) is 0.857. The highest BCUT2D eigenvalue weighted by molar-refractivity contribution is 5.76. The largest absolute Gasteiger partial charge is 0.466 e. The molecule has 0 unspecified atom stereocenters. The first-order valence-corrected chi connectivity index (χ1v) is 7.50. The van der Waals surface area contributed by atoms with E-state index >= 15 is 0 Å². The van der Waals surface area contributed by atoms with E-state index in [0.717, 1.165) is 26.1 Å². The third-order valence-electron chi connectivity index (χ3n) is 3.95. The highest BCUT2D eigenvalue weighted by atomic mass is 16.5. The van der Waals surface area contributed by atoms with Crippen LogP contribution in [0.2, 0.25) is 0 Å². The molecule has 2 amide bonds. The van der Waals surface area contributed by atoms with Gasteiger partial charge >= 0.3 is 12.0 Å². The molecule has 0 atom stereocenters. The van der Waals surface area contributed by atoms with Crippen LogP contribution in [0.25, 0.3) is 0 Å². The maximum atomic E-state index is 12.1. The predicted octanol–water partition coefficient (Wildman–Crippen LogP) is 1.15. The number of rotatable bonds is 3. The molecule has 2 aliphatic heterocycles. The highest BCUT2D eigenvalue weighted by Crippen LogP contribution is 2.19. The van der Waals surface area contributed by atoms with Gasteiger partial charge in [0.1, 0.15) is 0 Å². The number of likely N-dealkylation sites (tertiary alicyclic amines) is 1. The van der Waals surface area contributed by atoms with Gasteiger partial charge in [-0.1, -0.05) is 0 Å². The van der Waals surface area contributed by atoms with Gasteiger partial charge in [-0.15, -0.1) is 0 Å². The van der Waals surface area contributed by atoms with Crippen LogP contribution in [0.1, 0.15) is 32.6 Å². The number of ether oxygens (including phenoxy) is 2. The number of esters is 1. The van der Waals surface area contributed by atoms with E-state index in [0.29, 0.717) is 32.5 Å². The van der Waals surface area contributed by atoms with Crippen molar-refractivity contribution in [1.29, 1.82) is 0 Å². The Morgan fingerprint density at radius 2 is 1.85 bits per heavy atom. The van der Waals surface area contributed by atoms with Crippen molar-refractivity contribution < 1.29 is 19.1 Å². The van der Waals surface area contributed by atoms with Gasteiger partial charge < -0.3 is 19.7 Å². The Morgan fingerprint density at radius 1 is 1.20 bits per heavy atom.